The van der Waals surface area contributed by atoms with Crippen LogP contribution in [0.2, 0.25) is 0 Å². The summed E-state index contributed by atoms with van der Waals surface area (Å²) >= 11 is 0. The molecule has 0 bridgehead atoms. The second-order valence-corrected chi connectivity index (χ2v) is 8.14. The first-order chi connectivity index (χ1) is 14.1. The number of hydrogen-bond donors (Lipinski definition) is 3. The van der Waals surface area contributed by atoms with Gasteiger partial charge in [-0.25, -0.2) is 0 Å². The molecule has 0 unspecified atom stereocenters. The number of nitrogens with two attached hydrogens (primary N) is 1. The van der Waals surface area contributed by atoms with Crippen molar-refractivity contribution in [3.05, 3.63) is 12.2 Å². The molecule has 0 rings (SSSR count). The molecule has 0 aliphatic heterocycles. The normalized spacial score (nSPS) is 12.3. The predicted molar refractivity (Wildman–Crippen MR) is 122 cm³/mol. The first-order valence-corrected chi connectivity index (χ1v) is 12.0. The number of hydrogen-bond acceptors (Lipinski definition) is 3. The van der Waals surface area contributed by atoms with Gasteiger partial charge < -0.3 is 16.2 Å². The Labute approximate surface area is 178 Å². The molecule has 5 nitrogen and oxygen atoms in total. The molecule has 29 heavy (non-hydrogen) atoms. The Morgan fingerprint density at radius 2 is 1.38 bits per heavy atom. The fourth-order valence-corrected chi connectivity index (χ4v) is 3.32. The first-order valence-electron chi connectivity index (χ1n) is 12.0. The molecule has 0 aliphatic rings. The highest BCUT2D eigenvalue weighted by atomic mass is 16.4. The van der Waals surface area contributed by atoms with Crippen molar-refractivity contribution in [2.45, 2.75) is 122 Å². The minimum Gasteiger partial charge on any atom is -0.480 e. The van der Waals surface area contributed by atoms with E-state index in [1.54, 1.807) is 0 Å². The molecule has 0 fully saturated rings. The Bertz CT molecular complexity index is 424. The van der Waals surface area contributed by atoms with E-state index >= 15 is 0 Å². The Kier molecular flexibility index (Phi) is 20.3. The van der Waals surface area contributed by atoms with Gasteiger partial charge in [0.1, 0.15) is 6.04 Å². The summed E-state index contributed by atoms with van der Waals surface area (Å²) in [6.07, 6.45) is 23.8. The Morgan fingerprint density at radius 3 is 1.93 bits per heavy atom. The largest absolute Gasteiger partial charge is 0.480 e. The van der Waals surface area contributed by atoms with Gasteiger partial charge in [0.15, 0.2) is 0 Å². The zero-order valence-corrected chi connectivity index (χ0v) is 18.8. The van der Waals surface area contributed by atoms with Crippen LogP contribution in [0.5, 0.6) is 0 Å². The molecule has 0 aromatic heterocycles. The van der Waals surface area contributed by atoms with Gasteiger partial charge in [0, 0.05) is 13.0 Å². The van der Waals surface area contributed by atoms with Gasteiger partial charge in [0.2, 0.25) is 5.91 Å². The molecule has 0 aromatic carbocycles. The molecule has 0 radical (unpaired) electrons. The molecular formula is C24H46N2O3. The number of carboxylic acid groups (broad SMARTS) is 1. The van der Waals surface area contributed by atoms with Crippen molar-refractivity contribution in [3.8, 4) is 0 Å². The van der Waals surface area contributed by atoms with Crippen molar-refractivity contribution in [2.24, 2.45) is 5.73 Å². The lowest BCUT2D eigenvalue weighted by Crippen LogP contribution is -2.30. The first kappa shape index (κ1) is 27.6. The quantitative estimate of drug-likeness (QED) is 0.167. The van der Waals surface area contributed by atoms with Crippen molar-refractivity contribution >= 4 is 11.9 Å². The monoisotopic (exact) mass is 410 g/mol. The maximum absolute atomic E-state index is 11.7. The maximum atomic E-state index is 11.7. The van der Waals surface area contributed by atoms with E-state index in [-0.39, 0.29) is 5.91 Å². The van der Waals surface area contributed by atoms with E-state index in [9.17, 15) is 9.59 Å². The summed E-state index contributed by atoms with van der Waals surface area (Å²) in [5, 5.41) is 11.5. The van der Waals surface area contributed by atoms with Crippen molar-refractivity contribution < 1.29 is 14.7 Å². The van der Waals surface area contributed by atoms with Crippen LogP contribution in [-0.4, -0.2) is 29.6 Å². The summed E-state index contributed by atoms with van der Waals surface area (Å²) < 4.78 is 0. The van der Waals surface area contributed by atoms with E-state index in [1.807, 2.05) is 6.08 Å². The third-order valence-corrected chi connectivity index (χ3v) is 5.28. The molecule has 1 amide bonds. The second-order valence-electron chi connectivity index (χ2n) is 8.14. The highest BCUT2D eigenvalue weighted by Crippen LogP contribution is 2.12. The number of carbonyl (C=O) groups is 2. The van der Waals surface area contributed by atoms with Crippen LogP contribution < -0.4 is 11.1 Å². The number of nitrogens with one attached hydrogen (secondary N) is 1. The fraction of sp³-hybridized carbons (Fsp3) is 0.833. The summed E-state index contributed by atoms with van der Waals surface area (Å²) in [6.45, 7) is 2.85. The number of rotatable bonds is 21. The van der Waals surface area contributed by atoms with Gasteiger partial charge in [-0.2, -0.15) is 0 Å². The maximum Gasteiger partial charge on any atom is 0.320 e. The average molecular weight is 411 g/mol. The van der Waals surface area contributed by atoms with Gasteiger partial charge in [-0.05, 0) is 32.1 Å². The third-order valence-electron chi connectivity index (χ3n) is 5.28. The molecule has 4 N–H and O–H groups in total. The summed E-state index contributed by atoms with van der Waals surface area (Å²) in [5.74, 6) is -0.939. The summed E-state index contributed by atoms with van der Waals surface area (Å²) in [4.78, 5) is 22.3. The third kappa shape index (κ3) is 21.2. The van der Waals surface area contributed by atoms with Crippen LogP contribution in [0.4, 0.5) is 0 Å². The molecule has 0 saturated carbocycles. The van der Waals surface area contributed by atoms with Gasteiger partial charge in [-0.3, -0.25) is 9.59 Å². The van der Waals surface area contributed by atoms with Gasteiger partial charge >= 0.3 is 5.97 Å². The van der Waals surface area contributed by atoms with Crippen LogP contribution in [0.25, 0.3) is 0 Å². The number of unbranched alkanes of at least 4 members (excludes halogenated alkanes) is 13. The topological polar surface area (TPSA) is 92.4 Å². The number of carbonyl (C=O) groups excluding carboxylic acids is 1. The van der Waals surface area contributed by atoms with Crippen LogP contribution in [0, 0.1) is 0 Å². The predicted octanol–water partition coefficient (Wildman–Crippen LogP) is 5.72. The zero-order chi connectivity index (χ0) is 21.6. The van der Waals surface area contributed by atoms with Crippen LogP contribution in [-0.2, 0) is 9.59 Å². The Morgan fingerprint density at radius 1 is 0.828 bits per heavy atom. The highest BCUT2D eigenvalue weighted by Gasteiger charge is 2.09. The lowest BCUT2D eigenvalue weighted by molar-refractivity contribution is -0.138. The number of carboxylic acids is 1. The molecular weight excluding hydrogens is 364 g/mol. The van der Waals surface area contributed by atoms with Crippen molar-refractivity contribution in [2.75, 3.05) is 6.54 Å². The minimum absolute atomic E-state index is 0.0264. The smallest absolute Gasteiger partial charge is 0.320 e. The zero-order valence-electron chi connectivity index (χ0n) is 18.8. The van der Waals surface area contributed by atoms with Crippen LogP contribution in [0.1, 0.15) is 116 Å². The van der Waals surface area contributed by atoms with Crippen molar-refractivity contribution in [1.82, 2.24) is 5.32 Å². The van der Waals surface area contributed by atoms with Gasteiger partial charge in [0.05, 0.1) is 0 Å². The van der Waals surface area contributed by atoms with Gasteiger partial charge in [0.25, 0.3) is 0 Å². The molecule has 5 heteroatoms. The lowest BCUT2D eigenvalue weighted by Gasteiger charge is -2.06. The SMILES string of the molecule is CCCCCCCCCCCCCC/C=C/CC(=O)NCCCC[C@H](N)C(=O)O. The molecule has 0 spiro atoms. The van der Waals surface area contributed by atoms with E-state index < -0.39 is 12.0 Å². The van der Waals surface area contributed by atoms with E-state index in [0.29, 0.717) is 25.8 Å². The van der Waals surface area contributed by atoms with E-state index in [1.165, 1.54) is 77.0 Å². The van der Waals surface area contributed by atoms with Crippen LogP contribution >= 0.6 is 0 Å². The molecule has 0 aliphatic carbocycles. The Balaban J connectivity index is 3.30. The summed E-state index contributed by atoms with van der Waals surface area (Å²) in [6, 6.07) is -0.797. The van der Waals surface area contributed by atoms with E-state index in [0.717, 1.165) is 12.8 Å². The number of amides is 1. The van der Waals surface area contributed by atoms with Crippen molar-refractivity contribution in [3.63, 3.8) is 0 Å². The Hall–Kier alpha value is -1.36. The van der Waals surface area contributed by atoms with E-state index in [2.05, 4.69) is 18.3 Å². The minimum atomic E-state index is -0.965. The standard InChI is InChI=1S/C24H46N2O3/c1-2-3-4-5-6-7-8-9-10-11-12-13-14-15-16-20-23(27)26-21-18-17-19-22(25)24(28)29/h15-16,22H,2-14,17-21,25H2,1H3,(H,26,27)(H,28,29)/b16-15+/t22-/m0/s1. The summed E-state index contributed by atoms with van der Waals surface area (Å²) in [7, 11) is 0. The van der Waals surface area contributed by atoms with Gasteiger partial charge in [-0.1, -0.05) is 89.7 Å². The molecule has 170 valence electrons. The van der Waals surface area contributed by atoms with Crippen LogP contribution in [0.15, 0.2) is 12.2 Å². The van der Waals surface area contributed by atoms with E-state index in [4.69, 9.17) is 10.8 Å². The lowest BCUT2D eigenvalue weighted by atomic mass is 10.0. The number of allylic oxidation sites excluding steroid dienone is 1. The molecule has 0 saturated heterocycles. The molecule has 0 heterocycles. The van der Waals surface area contributed by atoms with Gasteiger partial charge in [-0.15, -0.1) is 0 Å². The van der Waals surface area contributed by atoms with Crippen LogP contribution in [0.3, 0.4) is 0 Å². The molecule has 1 atom stereocenters. The average Bonchev–Trinajstić information content (AvgIpc) is 2.70. The number of aliphatic carboxylic acids is 1. The molecule has 0 aromatic rings. The van der Waals surface area contributed by atoms with Crippen molar-refractivity contribution in [1.29, 1.82) is 0 Å². The second kappa shape index (κ2) is 21.4. The summed E-state index contributed by atoms with van der Waals surface area (Å²) in [5.41, 5.74) is 5.43. The fourth-order valence-electron chi connectivity index (χ4n) is 3.32. The highest BCUT2D eigenvalue weighted by molar-refractivity contribution is 5.77.